The van der Waals surface area contributed by atoms with Crippen molar-refractivity contribution in [1.82, 2.24) is 10.2 Å². The standard InChI is InChI=1S/C33H32Cl3N3O4S/c1-23(2)37-33(41)31(19-24-9-5-3-6-10-24)38(21-25-13-15-26(34)16-14-25)32(40)22-39(27-17-18-29(35)30(36)20-27)44(42,43)28-11-7-4-8-12-28/h3-18,20,23,31H,19,21-22H2,1-2H3,(H,37,41)/t31-/m1/s1. The molecule has 7 nitrogen and oxygen atoms in total. The van der Waals surface area contributed by atoms with Crippen LogP contribution < -0.4 is 9.62 Å². The van der Waals surface area contributed by atoms with Crippen LogP contribution in [0.2, 0.25) is 15.1 Å². The lowest BCUT2D eigenvalue weighted by molar-refractivity contribution is -0.140. The van der Waals surface area contributed by atoms with Crippen molar-refractivity contribution in [3.8, 4) is 0 Å². The SMILES string of the molecule is CC(C)NC(=O)[C@@H](Cc1ccccc1)N(Cc1ccc(Cl)cc1)C(=O)CN(c1ccc(Cl)c(Cl)c1)S(=O)(=O)c1ccccc1. The van der Waals surface area contributed by atoms with Crippen molar-refractivity contribution in [2.45, 2.75) is 43.8 Å². The number of sulfonamides is 1. The average molecular weight is 673 g/mol. The van der Waals surface area contributed by atoms with E-state index in [0.717, 1.165) is 9.87 Å². The van der Waals surface area contributed by atoms with Crippen molar-refractivity contribution in [3.63, 3.8) is 0 Å². The molecule has 0 spiro atoms. The fraction of sp³-hybridized carbons (Fsp3) is 0.212. The van der Waals surface area contributed by atoms with Crippen molar-refractivity contribution in [2.24, 2.45) is 0 Å². The van der Waals surface area contributed by atoms with Gasteiger partial charge in [0.2, 0.25) is 11.8 Å². The lowest BCUT2D eigenvalue weighted by atomic mass is 10.0. The first-order valence-electron chi connectivity index (χ1n) is 13.9. The summed E-state index contributed by atoms with van der Waals surface area (Å²) in [5.74, 6) is -0.955. The number of nitrogens with one attached hydrogen (secondary N) is 1. The second-order valence-corrected chi connectivity index (χ2v) is 13.6. The lowest BCUT2D eigenvalue weighted by Crippen LogP contribution is -2.54. The van der Waals surface area contributed by atoms with E-state index in [1.54, 1.807) is 42.5 Å². The van der Waals surface area contributed by atoms with Crippen LogP contribution in [0.25, 0.3) is 0 Å². The molecule has 0 saturated carbocycles. The fourth-order valence-corrected chi connectivity index (χ4v) is 6.46. The second kappa shape index (κ2) is 14.9. The number of carbonyl (C=O) groups excluding carboxylic acids is 2. The molecule has 0 fully saturated rings. The third kappa shape index (κ3) is 8.54. The first-order chi connectivity index (χ1) is 21.0. The van der Waals surface area contributed by atoms with Crippen molar-refractivity contribution in [3.05, 3.63) is 129 Å². The fourth-order valence-electron chi connectivity index (χ4n) is 4.61. The van der Waals surface area contributed by atoms with E-state index < -0.39 is 28.5 Å². The molecule has 0 unspecified atom stereocenters. The molecule has 4 aromatic carbocycles. The Morgan fingerprint density at radius 3 is 1.98 bits per heavy atom. The highest BCUT2D eigenvalue weighted by molar-refractivity contribution is 7.92. The van der Waals surface area contributed by atoms with E-state index in [2.05, 4.69) is 5.32 Å². The van der Waals surface area contributed by atoms with Gasteiger partial charge < -0.3 is 10.2 Å². The number of hydrogen-bond donors (Lipinski definition) is 1. The van der Waals surface area contributed by atoms with Crippen LogP contribution in [0.1, 0.15) is 25.0 Å². The first kappa shape index (κ1) is 33.3. The van der Waals surface area contributed by atoms with Crippen molar-refractivity contribution in [2.75, 3.05) is 10.8 Å². The van der Waals surface area contributed by atoms with Crippen LogP contribution in [-0.4, -0.2) is 43.8 Å². The number of carbonyl (C=O) groups is 2. The summed E-state index contributed by atoms with van der Waals surface area (Å²) in [6.07, 6.45) is 0.205. The van der Waals surface area contributed by atoms with E-state index in [4.69, 9.17) is 34.8 Å². The largest absolute Gasteiger partial charge is 0.352 e. The monoisotopic (exact) mass is 671 g/mol. The molecule has 0 aliphatic heterocycles. The molecule has 2 amide bonds. The summed E-state index contributed by atoms with van der Waals surface area (Å²) in [4.78, 5) is 29.5. The predicted octanol–water partition coefficient (Wildman–Crippen LogP) is 7.01. The molecule has 230 valence electrons. The second-order valence-electron chi connectivity index (χ2n) is 10.4. The molecule has 11 heteroatoms. The smallest absolute Gasteiger partial charge is 0.264 e. The normalized spacial score (nSPS) is 12.0. The van der Waals surface area contributed by atoms with Gasteiger partial charge in [0, 0.05) is 24.0 Å². The number of nitrogens with zero attached hydrogens (tertiary/aromatic N) is 2. The van der Waals surface area contributed by atoms with Gasteiger partial charge in [0.15, 0.2) is 0 Å². The summed E-state index contributed by atoms with van der Waals surface area (Å²) in [5.41, 5.74) is 1.70. The van der Waals surface area contributed by atoms with Gasteiger partial charge in [-0.1, -0.05) is 95.5 Å². The maximum absolute atomic E-state index is 14.4. The minimum Gasteiger partial charge on any atom is -0.352 e. The number of rotatable bonds is 12. The molecule has 0 heterocycles. The zero-order valence-electron chi connectivity index (χ0n) is 24.2. The van der Waals surface area contributed by atoms with Crippen LogP contribution in [0, 0.1) is 0 Å². The van der Waals surface area contributed by atoms with Gasteiger partial charge in [-0.3, -0.25) is 13.9 Å². The molecule has 0 bridgehead atoms. The summed E-state index contributed by atoms with van der Waals surface area (Å²) >= 11 is 18.6. The number of amides is 2. The molecule has 0 aliphatic rings. The van der Waals surface area contributed by atoms with Crippen LogP contribution in [0.5, 0.6) is 0 Å². The van der Waals surface area contributed by atoms with E-state index in [9.17, 15) is 18.0 Å². The van der Waals surface area contributed by atoms with Crippen LogP contribution in [0.3, 0.4) is 0 Å². The molecule has 0 saturated heterocycles. The topological polar surface area (TPSA) is 86.8 Å². The van der Waals surface area contributed by atoms with Crippen molar-refractivity contribution in [1.29, 1.82) is 0 Å². The minimum absolute atomic E-state index is 0.0125. The van der Waals surface area contributed by atoms with Gasteiger partial charge in [-0.15, -0.1) is 0 Å². The number of benzene rings is 4. The van der Waals surface area contributed by atoms with Gasteiger partial charge >= 0.3 is 0 Å². The Kier molecular flexibility index (Phi) is 11.3. The Bertz CT molecular complexity index is 1690. The summed E-state index contributed by atoms with van der Waals surface area (Å²) in [5, 5.41) is 3.81. The van der Waals surface area contributed by atoms with Crippen molar-refractivity contribution >= 4 is 62.3 Å². The molecule has 0 aliphatic carbocycles. The van der Waals surface area contributed by atoms with Crippen LogP contribution in [0.15, 0.2) is 108 Å². The molecule has 44 heavy (non-hydrogen) atoms. The summed E-state index contributed by atoms with van der Waals surface area (Å²) in [6.45, 7) is 3.09. The Morgan fingerprint density at radius 1 is 0.773 bits per heavy atom. The summed E-state index contributed by atoms with van der Waals surface area (Å²) in [6, 6.07) is 27.2. The van der Waals surface area contributed by atoms with E-state index in [-0.39, 0.29) is 45.5 Å². The van der Waals surface area contributed by atoms with Gasteiger partial charge in [0.1, 0.15) is 12.6 Å². The third-order valence-electron chi connectivity index (χ3n) is 6.77. The molecule has 4 aromatic rings. The van der Waals surface area contributed by atoms with Gasteiger partial charge in [-0.05, 0) is 67.4 Å². The zero-order chi connectivity index (χ0) is 31.9. The summed E-state index contributed by atoms with van der Waals surface area (Å²) < 4.78 is 29.0. The van der Waals surface area contributed by atoms with E-state index in [1.807, 2.05) is 44.2 Å². The van der Waals surface area contributed by atoms with E-state index in [0.29, 0.717) is 10.6 Å². The van der Waals surface area contributed by atoms with Gasteiger partial charge in [0.25, 0.3) is 10.0 Å². The van der Waals surface area contributed by atoms with Crippen molar-refractivity contribution < 1.29 is 18.0 Å². The minimum atomic E-state index is -4.25. The quantitative estimate of drug-likeness (QED) is 0.176. The number of hydrogen-bond acceptors (Lipinski definition) is 4. The number of halogens is 3. The molecular formula is C33H32Cl3N3O4S. The highest BCUT2D eigenvalue weighted by Crippen LogP contribution is 2.31. The molecular weight excluding hydrogens is 641 g/mol. The first-order valence-corrected chi connectivity index (χ1v) is 16.4. The molecule has 1 atom stereocenters. The number of anilines is 1. The lowest BCUT2D eigenvalue weighted by Gasteiger charge is -2.34. The van der Waals surface area contributed by atoms with Gasteiger partial charge in [0.05, 0.1) is 20.6 Å². The molecule has 4 rings (SSSR count). The summed E-state index contributed by atoms with van der Waals surface area (Å²) in [7, 11) is -4.25. The van der Waals surface area contributed by atoms with Gasteiger partial charge in [-0.25, -0.2) is 8.42 Å². The van der Waals surface area contributed by atoms with E-state index in [1.165, 1.54) is 35.2 Å². The Hall–Kier alpha value is -3.56. The van der Waals surface area contributed by atoms with Gasteiger partial charge in [-0.2, -0.15) is 0 Å². The van der Waals surface area contributed by atoms with Crippen LogP contribution in [-0.2, 0) is 32.6 Å². The average Bonchev–Trinajstić information content (AvgIpc) is 3.00. The zero-order valence-corrected chi connectivity index (χ0v) is 27.2. The highest BCUT2D eigenvalue weighted by atomic mass is 35.5. The Balaban J connectivity index is 1.81. The van der Waals surface area contributed by atoms with Crippen LogP contribution in [0.4, 0.5) is 5.69 Å². The Labute approximate surface area is 273 Å². The molecule has 0 aromatic heterocycles. The predicted molar refractivity (Wildman–Crippen MR) is 177 cm³/mol. The Morgan fingerprint density at radius 2 is 1.39 bits per heavy atom. The van der Waals surface area contributed by atoms with Crippen LogP contribution >= 0.6 is 34.8 Å². The maximum Gasteiger partial charge on any atom is 0.264 e. The third-order valence-corrected chi connectivity index (χ3v) is 9.55. The highest BCUT2D eigenvalue weighted by Gasteiger charge is 2.35. The molecule has 0 radical (unpaired) electrons. The van der Waals surface area contributed by atoms with E-state index >= 15 is 0 Å². The molecule has 1 N–H and O–H groups in total. The maximum atomic E-state index is 14.4.